The zero-order chi connectivity index (χ0) is 18.0. The largest absolute Gasteiger partial charge is 0.467 e. The van der Waals surface area contributed by atoms with Crippen LogP contribution in [0.15, 0.2) is 18.2 Å². The molecule has 0 unspecified atom stereocenters. The lowest BCUT2D eigenvalue weighted by atomic mass is 9.98. The molecular formula is C12H9ClF5NO4. The van der Waals surface area contributed by atoms with Gasteiger partial charge in [0.2, 0.25) is 5.91 Å². The monoisotopic (exact) mass is 361 g/mol. The second kappa shape index (κ2) is 6.67. The summed E-state index contributed by atoms with van der Waals surface area (Å²) in [6, 6.07) is 1.80. The Labute approximate surface area is 131 Å². The molecule has 5 nitrogen and oxygen atoms in total. The van der Waals surface area contributed by atoms with Crippen molar-refractivity contribution in [3.05, 3.63) is 29.8 Å². The van der Waals surface area contributed by atoms with Crippen LogP contribution in [0.4, 0.5) is 27.6 Å². The summed E-state index contributed by atoms with van der Waals surface area (Å²) < 4.78 is 68.5. The van der Waals surface area contributed by atoms with Crippen molar-refractivity contribution in [2.24, 2.45) is 0 Å². The fraction of sp³-hybridized carbons (Fsp3) is 0.333. The molecule has 0 bridgehead atoms. The molecule has 1 aromatic carbocycles. The number of ether oxygens (including phenoxy) is 1. The van der Waals surface area contributed by atoms with E-state index in [0.29, 0.717) is 13.2 Å². The molecule has 0 aliphatic carbocycles. The Hall–Kier alpha value is -1.94. The molecule has 11 heteroatoms. The van der Waals surface area contributed by atoms with Crippen LogP contribution in [0.3, 0.4) is 0 Å². The van der Waals surface area contributed by atoms with Gasteiger partial charge in [-0.25, -0.2) is 13.6 Å². The lowest BCUT2D eigenvalue weighted by Crippen LogP contribution is -2.62. The number of nitrogens with one attached hydrogen (secondary N) is 1. The predicted molar refractivity (Wildman–Crippen MR) is 67.6 cm³/mol. The van der Waals surface area contributed by atoms with E-state index in [4.69, 9.17) is 11.6 Å². The van der Waals surface area contributed by atoms with Crippen LogP contribution in [0.25, 0.3) is 0 Å². The molecule has 0 heterocycles. The second-order valence-corrected chi connectivity index (χ2v) is 4.67. The first kappa shape index (κ1) is 19.1. The van der Waals surface area contributed by atoms with Gasteiger partial charge in [-0.1, -0.05) is 0 Å². The number of carbonyl (C=O) groups is 2. The molecule has 0 aliphatic rings. The SMILES string of the molecule is COC(=O)[C@](O)([C@H](Cl)C(=O)Nc1ccc(F)cc1F)C(F)(F)F. The summed E-state index contributed by atoms with van der Waals surface area (Å²) in [6.45, 7) is 0. The third kappa shape index (κ3) is 3.70. The molecule has 0 spiro atoms. The van der Waals surface area contributed by atoms with Gasteiger partial charge in [0.1, 0.15) is 11.6 Å². The van der Waals surface area contributed by atoms with Crippen molar-refractivity contribution in [2.75, 3.05) is 12.4 Å². The van der Waals surface area contributed by atoms with Gasteiger partial charge < -0.3 is 15.2 Å². The van der Waals surface area contributed by atoms with E-state index in [2.05, 4.69) is 4.74 Å². The van der Waals surface area contributed by atoms with E-state index in [1.54, 1.807) is 5.32 Å². The Kier molecular flexibility index (Phi) is 5.54. The van der Waals surface area contributed by atoms with Crippen LogP contribution in [0.1, 0.15) is 0 Å². The van der Waals surface area contributed by atoms with Gasteiger partial charge in [0.25, 0.3) is 5.60 Å². The van der Waals surface area contributed by atoms with E-state index in [1.807, 2.05) is 0 Å². The topological polar surface area (TPSA) is 75.6 Å². The number of aliphatic hydroxyl groups is 1. The van der Waals surface area contributed by atoms with Crippen molar-refractivity contribution in [1.29, 1.82) is 0 Å². The Morgan fingerprint density at radius 3 is 2.30 bits per heavy atom. The van der Waals surface area contributed by atoms with Crippen LogP contribution >= 0.6 is 11.6 Å². The molecule has 0 fully saturated rings. The van der Waals surface area contributed by atoms with Crippen molar-refractivity contribution in [3.63, 3.8) is 0 Å². The number of benzene rings is 1. The summed E-state index contributed by atoms with van der Waals surface area (Å²) in [4.78, 5) is 22.9. The van der Waals surface area contributed by atoms with E-state index in [-0.39, 0.29) is 0 Å². The van der Waals surface area contributed by atoms with Crippen LogP contribution in [0.2, 0.25) is 0 Å². The molecule has 1 aromatic rings. The van der Waals surface area contributed by atoms with Crippen LogP contribution in [-0.2, 0) is 14.3 Å². The Morgan fingerprint density at radius 2 is 1.87 bits per heavy atom. The molecule has 0 radical (unpaired) electrons. The van der Waals surface area contributed by atoms with Gasteiger partial charge in [-0.2, -0.15) is 13.2 Å². The smallest absolute Gasteiger partial charge is 0.430 e. The minimum absolute atomic E-state index is 0.356. The van der Waals surface area contributed by atoms with E-state index in [1.165, 1.54) is 0 Å². The lowest BCUT2D eigenvalue weighted by molar-refractivity contribution is -0.260. The molecule has 0 aliphatic heterocycles. The molecule has 128 valence electrons. The molecule has 2 N–H and O–H groups in total. The summed E-state index contributed by atoms with van der Waals surface area (Å²) in [7, 11) is 0.542. The Morgan fingerprint density at radius 1 is 1.30 bits per heavy atom. The summed E-state index contributed by atoms with van der Waals surface area (Å²) in [5.41, 5.74) is -5.05. The number of methoxy groups -OCH3 is 1. The fourth-order valence-corrected chi connectivity index (χ4v) is 1.76. The van der Waals surface area contributed by atoms with Crippen molar-refractivity contribution in [2.45, 2.75) is 17.2 Å². The average molecular weight is 362 g/mol. The Balaban J connectivity index is 3.12. The van der Waals surface area contributed by atoms with E-state index >= 15 is 0 Å². The predicted octanol–water partition coefficient (Wildman–Crippen LogP) is 1.98. The highest BCUT2D eigenvalue weighted by molar-refractivity contribution is 6.35. The average Bonchev–Trinajstić information content (AvgIpc) is 2.46. The highest BCUT2D eigenvalue weighted by atomic mass is 35.5. The number of rotatable bonds is 4. The highest BCUT2D eigenvalue weighted by Gasteiger charge is 2.67. The van der Waals surface area contributed by atoms with Gasteiger partial charge in [-0.05, 0) is 12.1 Å². The van der Waals surface area contributed by atoms with Gasteiger partial charge >= 0.3 is 12.1 Å². The summed E-state index contributed by atoms with van der Waals surface area (Å²) in [6.07, 6.45) is -5.65. The van der Waals surface area contributed by atoms with Crippen LogP contribution < -0.4 is 5.32 Å². The highest BCUT2D eigenvalue weighted by Crippen LogP contribution is 2.37. The summed E-state index contributed by atoms with van der Waals surface area (Å²) >= 11 is 5.25. The van der Waals surface area contributed by atoms with Gasteiger partial charge in [-0.15, -0.1) is 11.6 Å². The van der Waals surface area contributed by atoms with E-state index < -0.39 is 46.4 Å². The van der Waals surface area contributed by atoms with Gasteiger partial charge in [0.05, 0.1) is 12.8 Å². The van der Waals surface area contributed by atoms with Crippen molar-refractivity contribution in [1.82, 2.24) is 0 Å². The molecular weight excluding hydrogens is 353 g/mol. The van der Waals surface area contributed by atoms with Gasteiger partial charge in [0, 0.05) is 6.07 Å². The Bertz CT molecular complexity index is 624. The number of anilines is 1. The number of alkyl halides is 4. The van der Waals surface area contributed by atoms with Crippen LogP contribution in [-0.4, -0.2) is 41.2 Å². The first-order chi connectivity index (χ1) is 10.4. The minimum Gasteiger partial charge on any atom is -0.467 e. The maximum absolute atomic E-state index is 13.4. The van der Waals surface area contributed by atoms with E-state index in [0.717, 1.165) is 12.1 Å². The number of hydrogen-bond acceptors (Lipinski definition) is 4. The summed E-state index contributed by atoms with van der Waals surface area (Å²) in [5, 5.41) is 8.22. The third-order valence-electron chi connectivity index (χ3n) is 2.71. The van der Waals surface area contributed by atoms with Crippen molar-refractivity contribution in [3.8, 4) is 0 Å². The number of carbonyl (C=O) groups excluding carboxylic acids is 2. The van der Waals surface area contributed by atoms with Crippen molar-refractivity contribution >= 4 is 29.2 Å². The molecule has 2 atom stereocenters. The third-order valence-corrected chi connectivity index (χ3v) is 3.23. The quantitative estimate of drug-likeness (QED) is 0.488. The number of esters is 1. The molecule has 0 saturated heterocycles. The van der Waals surface area contributed by atoms with Gasteiger partial charge in [0.15, 0.2) is 5.38 Å². The number of amides is 1. The second-order valence-electron chi connectivity index (χ2n) is 4.23. The standard InChI is InChI=1S/C12H9ClF5NO4/c1-23-10(21)11(22,12(16,17)18)8(13)9(20)19-7-3-2-5(14)4-6(7)15/h2-4,8,22H,1H3,(H,19,20)/t8-,11-/m1/s1. The van der Waals surface area contributed by atoms with E-state index in [9.17, 15) is 36.6 Å². The normalized spacial score (nSPS) is 15.5. The molecule has 1 rings (SSSR count). The first-order valence-corrected chi connectivity index (χ1v) is 6.16. The molecule has 0 saturated carbocycles. The molecule has 0 aromatic heterocycles. The lowest BCUT2D eigenvalue weighted by Gasteiger charge is -2.30. The van der Waals surface area contributed by atoms with Crippen molar-refractivity contribution < 1.29 is 41.4 Å². The van der Waals surface area contributed by atoms with Gasteiger partial charge in [-0.3, -0.25) is 4.79 Å². The maximum Gasteiger partial charge on any atom is 0.430 e. The molecule has 1 amide bonds. The minimum atomic E-state index is -5.65. The van der Waals surface area contributed by atoms with Crippen LogP contribution in [0.5, 0.6) is 0 Å². The number of hydrogen-bond donors (Lipinski definition) is 2. The van der Waals surface area contributed by atoms with Crippen LogP contribution in [0, 0.1) is 11.6 Å². The first-order valence-electron chi connectivity index (χ1n) is 5.72. The maximum atomic E-state index is 13.4. The zero-order valence-electron chi connectivity index (χ0n) is 11.2. The fourth-order valence-electron chi connectivity index (χ4n) is 1.50. The number of halogens is 6. The molecule has 23 heavy (non-hydrogen) atoms. The zero-order valence-corrected chi connectivity index (χ0v) is 12.0. The summed E-state index contributed by atoms with van der Waals surface area (Å²) in [5.74, 6) is -6.26.